The fraction of sp³-hybridized carbons (Fsp3) is 0.550. The molecule has 0 aliphatic heterocycles. The molecule has 0 bridgehead atoms. The Labute approximate surface area is 197 Å². The minimum Gasteiger partial charge on any atom is -0.385 e. The number of rotatable bonds is 11. The van der Waals surface area contributed by atoms with Crippen LogP contribution in [-0.2, 0) is 30.3 Å². The lowest BCUT2D eigenvalue weighted by Gasteiger charge is -2.14. The molecule has 0 unspecified atom stereocenters. The van der Waals surface area contributed by atoms with Crippen molar-refractivity contribution < 1.29 is 17.9 Å². The zero-order valence-electron chi connectivity index (χ0n) is 17.8. The number of nitrogens with one attached hydrogen (secondary N) is 2. The average Bonchev–Trinajstić information content (AvgIpc) is 3.18. The quantitative estimate of drug-likeness (QED) is 0.193. The molecule has 0 atom stereocenters. The number of nitrogens with zero attached hydrogens (tertiary/aromatic N) is 4. The van der Waals surface area contributed by atoms with Crippen molar-refractivity contribution in [1.29, 1.82) is 0 Å². The second kappa shape index (κ2) is 14.2. The molecule has 2 aromatic rings. The lowest BCUT2D eigenvalue weighted by Crippen LogP contribution is -2.40. The van der Waals surface area contributed by atoms with Crippen molar-refractivity contribution in [2.75, 3.05) is 33.4 Å². The predicted octanol–water partition coefficient (Wildman–Crippen LogP) is 3.29. The molecule has 1 aromatic heterocycles. The number of ether oxygens (including phenoxy) is 1. The van der Waals surface area contributed by atoms with Crippen LogP contribution in [0.1, 0.15) is 30.3 Å². The van der Waals surface area contributed by atoms with E-state index < -0.39 is 11.7 Å². The van der Waals surface area contributed by atoms with Crippen LogP contribution >= 0.6 is 24.0 Å². The van der Waals surface area contributed by atoms with Gasteiger partial charge in [-0.3, -0.25) is 4.99 Å². The Morgan fingerprint density at radius 1 is 1.16 bits per heavy atom. The Balaban J connectivity index is 0.00000480. The monoisotopic (exact) mass is 554 g/mol. The van der Waals surface area contributed by atoms with Gasteiger partial charge < -0.3 is 19.9 Å². The Kier molecular flexibility index (Phi) is 12.5. The molecule has 1 heterocycles. The van der Waals surface area contributed by atoms with Gasteiger partial charge >= 0.3 is 6.18 Å². The number of halogens is 4. The molecule has 11 heteroatoms. The Hall–Kier alpha value is -1.89. The van der Waals surface area contributed by atoms with Crippen LogP contribution in [-0.4, -0.2) is 54.1 Å². The minimum absolute atomic E-state index is 0. The number of benzene rings is 1. The van der Waals surface area contributed by atoms with Gasteiger partial charge in [-0.05, 0) is 30.5 Å². The fourth-order valence-electron chi connectivity index (χ4n) is 2.79. The summed E-state index contributed by atoms with van der Waals surface area (Å²) in [6.45, 7) is 5.15. The third-order valence-electron chi connectivity index (χ3n) is 4.42. The highest BCUT2D eigenvalue weighted by atomic mass is 127. The summed E-state index contributed by atoms with van der Waals surface area (Å²) in [7, 11) is 1.65. The SMILES string of the molecule is CCc1nncn1CCNC(=NCCCOC)NCCc1ccc(C(F)(F)F)cc1.I. The number of aryl methyl sites for hydroxylation is 1. The van der Waals surface area contributed by atoms with Gasteiger partial charge in [-0.1, -0.05) is 19.1 Å². The summed E-state index contributed by atoms with van der Waals surface area (Å²) in [6, 6.07) is 5.23. The molecular formula is C20H30F3IN6O. The van der Waals surface area contributed by atoms with E-state index in [1.807, 2.05) is 11.5 Å². The molecule has 1 aromatic carbocycles. The maximum atomic E-state index is 12.7. The first-order valence-corrected chi connectivity index (χ1v) is 9.98. The molecule has 2 N–H and O–H groups in total. The molecule has 0 saturated heterocycles. The van der Waals surface area contributed by atoms with Gasteiger partial charge in [0.05, 0.1) is 5.56 Å². The van der Waals surface area contributed by atoms with E-state index in [2.05, 4.69) is 25.8 Å². The van der Waals surface area contributed by atoms with Crippen LogP contribution in [0.2, 0.25) is 0 Å². The molecule has 31 heavy (non-hydrogen) atoms. The van der Waals surface area contributed by atoms with Crippen LogP contribution in [0.5, 0.6) is 0 Å². The van der Waals surface area contributed by atoms with E-state index in [0.29, 0.717) is 45.2 Å². The summed E-state index contributed by atoms with van der Waals surface area (Å²) >= 11 is 0. The van der Waals surface area contributed by atoms with Gasteiger partial charge in [0.2, 0.25) is 0 Å². The fourth-order valence-corrected chi connectivity index (χ4v) is 2.79. The summed E-state index contributed by atoms with van der Waals surface area (Å²) in [5.41, 5.74) is 0.188. The molecule has 0 spiro atoms. The first-order valence-electron chi connectivity index (χ1n) is 9.98. The van der Waals surface area contributed by atoms with E-state index in [4.69, 9.17) is 4.74 Å². The zero-order valence-corrected chi connectivity index (χ0v) is 20.1. The largest absolute Gasteiger partial charge is 0.416 e. The van der Waals surface area contributed by atoms with Crippen LogP contribution in [0.25, 0.3) is 0 Å². The number of guanidine groups is 1. The smallest absolute Gasteiger partial charge is 0.385 e. The summed E-state index contributed by atoms with van der Waals surface area (Å²) in [5.74, 6) is 1.58. The van der Waals surface area contributed by atoms with Gasteiger partial charge in [-0.15, -0.1) is 34.2 Å². The molecule has 0 aliphatic rings. The summed E-state index contributed by atoms with van der Waals surface area (Å²) in [5, 5.41) is 14.5. The predicted molar refractivity (Wildman–Crippen MR) is 125 cm³/mol. The van der Waals surface area contributed by atoms with Gasteiger partial charge in [0.15, 0.2) is 5.96 Å². The maximum absolute atomic E-state index is 12.7. The van der Waals surface area contributed by atoms with Gasteiger partial charge in [0, 0.05) is 46.3 Å². The van der Waals surface area contributed by atoms with Crippen LogP contribution in [0, 0.1) is 0 Å². The Morgan fingerprint density at radius 3 is 2.52 bits per heavy atom. The van der Waals surface area contributed by atoms with Crippen molar-refractivity contribution in [3.05, 3.63) is 47.5 Å². The second-order valence-corrected chi connectivity index (χ2v) is 6.67. The van der Waals surface area contributed by atoms with E-state index in [9.17, 15) is 13.2 Å². The van der Waals surface area contributed by atoms with Crippen molar-refractivity contribution in [3.8, 4) is 0 Å². The molecule has 0 amide bonds. The van der Waals surface area contributed by atoms with E-state index in [1.165, 1.54) is 12.1 Å². The van der Waals surface area contributed by atoms with Gasteiger partial charge in [-0.2, -0.15) is 13.2 Å². The van der Waals surface area contributed by atoms with Crippen molar-refractivity contribution >= 4 is 29.9 Å². The van der Waals surface area contributed by atoms with Crippen molar-refractivity contribution in [2.45, 2.75) is 38.9 Å². The second-order valence-electron chi connectivity index (χ2n) is 6.67. The van der Waals surface area contributed by atoms with Crippen LogP contribution in [0.3, 0.4) is 0 Å². The average molecular weight is 554 g/mol. The molecule has 174 valence electrons. The Morgan fingerprint density at radius 2 is 1.87 bits per heavy atom. The molecule has 0 fully saturated rings. The molecule has 0 aliphatic carbocycles. The lowest BCUT2D eigenvalue weighted by molar-refractivity contribution is -0.137. The van der Waals surface area contributed by atoms with Gasteiger partial charge in [-0.25, -0.2) is 0 Å². The topological polar surface area (TPSA) is 76.4 Å². The van der Waals surface area contributed by atoms with Gasteiger partial charge in [0.25, 0.3) is 0 Å². The maximum Gasteiger partial charge on any atom is 0.416 e. The van der Waals surface area contributed by atoms with Crippen molar-refractivity contribution in [2.24, 2.45) is 4.99 Å². The van der Waals surface area contributed by atoms with E-state index in [-0.39, 0.29) is 24.0 Å². The van der Waals surface area contributed by atoms with E-state index in [0.717, 1.165) is 36.4 Å². The lowest BCUT2D eigenvalue weighted by atomic mass is 10.1. The number of hydrogen-bond donors (Lipinski definition) is 2. The third kappa shape index (κ3) is 9.85. The van der Waals surface area contributed by atoms with Crippen LogP contribution in [0.15, 0.2) is 35.6 Å². The summed E-state index contributed by atoms with van der Waals surface area (Å²) in [4.78, 5) is 4.53. The first-order chi connectivity index (χ1) is 14.4. The normalized spacial score (nSPS) is 11.8. The first kappa shape index (κ1) is 27.1. The summed E-state index contributed by atoms with van der Waals surface area (Å²) < 4.78 is 45.0. The highest BCUT2D eigenvalue weighted by Gasteiger charge is 2.29. The van der Waals surface area contributed by atoms with Crippen molar-refractivity contribution in [1.82, 2.24) is 25.4 Å². The van der Waals surface area contributed by atoms with Crippen LogP contribution < -0.4 is 10.6 Å². The zero-order chi connectivity index (χ0) is 21.8. The molecule has 0 saturated carbocycles. The number of alkyl halides is 3. The van der Waals surface area contributed by atoms with Gasteiger partial charge in [0.1, 0.15) is 12.2 Å². The number of aromatic nitrogens is 3. The number of hydrogen-bond acceptors (Lipinski definition) is 4. The highest BCUT2D eigenvalue weighted by Crippen LogP contribution is 2.29. The van der Waals surface area contributed by atoms with Crippen molar-refractivity contribution in [3.63, 3.8) is 0 Å². The number of aliphatic imine (C=N–C) groups is 1. The highest BCUT2D eigenvalue weighted by molar-refractivity contribution is 14.0. The summed E-state index contributed by atoms with van der Waals surface area (Å²) in [6.07, 6.45) is -0.418. The standard InChI is InChI=1S/C20H29F3N6O.HI/c1-3-18-28-27-15-29(18)13-12-26-19(24-10-4-14-30-2)25-11-9-16-5-7-17(8-6-16)20(21,22)23;/h5-8,15H,3-4,9-14H2,1-2H3,(H2,24,25,26);1H. The molecular weight excluding hydrogens is 524 g/mol. The Bertz CT molecular complexity index is 780. The molecule has 7 nitrogen and oxygen atoms in total. The van der Waals surface area contributed by atoms with E-state index >= 15 is 0 Å². The van der Waals surface area contributed by atoms with E-state index in [1.54, 1.807) is 13.4 Å². The third-order valence-corrected chi connectivity index (χ3v) is 4.42. The molecule has 0 radical (unpaired) electrons. The number of methoxy groups -OCH3 is 1. The van der Waals surface area contributed by atoms with Crippen LogP contribution in [0.4, 0.5) is 13.2 Å². The molecule has 2 rings (SSSR count). The minimum atomic E-state index is -4.31.